The first-order chi connectivity index (χ1) is 14.0. The molecule has 29 heavy (non-hydrogen) atoms. The summed E-state index contributed by atoms with van der Waals surface area (Å²) in [5, 5.41) is 12.6. The first-order valence-corrected chi connectivity index (χ1v) is 8.87. The van der Waals surface area contributed by atoms with Crippen molar-refractivity contribution < 1.29 is 19.2 Å². The largest absolute Gasteiger partial charge is 0.461 e. The zero-order valence-corrected chi connectivity index (χ0v) is 15.4. The van der Waals surface area contributed by atoms with Crippen LogP contribution in [0.1, 0.15) is 33.5 Å². The highest BCUT2D eigenvalue weighted by atomic mass is 16.6. The van der Waals surface area contributed by atoms with Gasteiger partial charge in [-0.25, -0.2) is 9.78 Å². The Morgan fingerprint density at radius 1 is 1.10 bits per heavy atom. The molecule has 0 aliphatic carbocycles. The number of fused-ring (bicyclic) bond motifs is 3. The molecule has 0 saturated heterocycles. The monoisotopic (exact) mass is 389 g/mol. The van der Waals surface area contributed by atoms with Gasteiger partial charge in [-0.1, -0.05) is 24.3 Å². The second-order valence-electron chi connectivity index (χ2n) is 6.26. The van der Waals surface area contributed by atoms with Crippen molar-refractivity contribution in [3.8, 4) is 0 Å². The number of nitro benzene ring substituents is 1. The fraction of sp³-hybridized carbons (Fsp3) is 0.0952. The summed E-state index contributed by atoms with van der Waals surface area (Å²) in [5.74, 6) is -1.18. The van der Waals surface area contributed by atoms with Gasteiger partial charge in [0.2, 0.25) is 5.78 Å². The zero-order chi connectivity index (χ0) is 20.5. The number of nitro groups is 1. The van der Waals surface area contributed by atoms with Gasteiger partial charge in [0, 0.05) is 29.3 Å². The van der Waals surface area contributed by atoms with Crippen LogP contribution in [-0.2, 0) is 4.74 Å². The standard InChI is InChI=1S/C21H15N3O5/c1-2-29-21(26)17-18(19(25)14-7-9-15(10-8-14)24(27)28)23-12-11-13-5-3-4-6-16(13)20(23)22-17/h3-12H,2H2,1H3. The van der Waals surface area contributed by atoms with E-state index in [0.717, 1.165) is 10.8 Å². The van der Waals surface area contributed by atoms with E-state index in [-0.39, 0.29) is 29.2 Å². The van der Waals surface area contributed by atoms with Crippen molar-refractivity contribution in [1.29, 1.82) is 0 Å². The molecule has 2 heterocycles. The van der Waals surface area contributed by atoms with Crippen LogP contribution in [0.15, 0.2) is 60.8 Å². The number of carbonyl (C=O) groups is 2. The number of rotatable bonds is 5. The van der Waals surface area contributed by atoms with E-state index in [9.17, 15) is 19.7 Å². The summed E-state index contributed by atoms with van der Waals surface area (Å²) >= 11 is 0. The summed E-state index contributed by atoms with van der Waals surface area (Å²) in [6.07, 6.45) is 1.67. The summed E-state index contributed by atoms with van der Waals surface area (Å²) < 4.78 is 6.64. The molecule has 2 aromatic heterocycles. The van der Waals surface area contributed by atoms with Gasteiger partial charge < -0.3 is 4.74 Å². The molecule has 0 aliphatic heterocycles. The summed E-state index contributed by atoms with van der Waals surface area (Å²) in [6.45, 7) is 1.81. The zero-order valence-electron chi connectivity index (χ0n) is 15.4. The van der Waals surface area contributed by atoms with Crippen LogP contribution in [0.3, 0.4) is 0 Å². The van der Waals surface area contributed by atoms with Gasteiger partial charge >= 0.3 is 5.97 Å². The van der Waals surface area contributed by atoms with Crippen molar-refractivity contribution in [3.05, 3.63) is 87.9 Å². The number of benzene rings is 2. The number of esters is 1. The molecule has 0 fully saturated rings. The van der Waals surface area contributed by atoms with Crippen LogP contribution >= 0.6 is 0 Å². The van der Waals surface area contributed by atoms with Crippen molar-refractivity contribution in [2.45, 2.75) is 6.92 Å². The Labute approximate surface area is 164 Å². The molecule has 0 bridgehead atoms. The maximum Gasteiger partial charge on any atom is 0.359 e. The molecule has 0 saturated carbocycles. The summed E-state index contributed by atoms with van der Waals surface area (Å²) in [4.78, 5) is 40.5. The van der Waals surface area contributed by atoms with E-state index in [2.05, 4.69) is 4.98 Å². The molecule has 4 rings (SSSR count). The second-order valence-corrected chi connectivity index (χ2v) is 6.26. The number of hydrogen-bond donors (Lipinski definition) is 0. The molecule has 0 unspecified atom stereocenters. The predicted octanol–water partition coefficient (Wildman–Crippen LogP) is 3.80. The number of non-ortho nitro benzene ring substituents is 1. The van der Waals surface area contributed by atoms with Crippen LogP contribution < -0.4 is 0 Å². The van der Waals surface area contributed by atoms with Gasteiger partial charge in [0.1, 0.15) is 11.3 Å². The van der Waals surface area contributed by atoms with E-state index in [0.29, 0.717) is 5.65 Å². The van der Waals surface area contributed by atoms with Crippen molar-refractivity contribution in [3.63, 3.8) is 0 Å². The molecule has 0 aliphatic rings. The van der Waals surface area contributed by atoms with Crippen LogP contribution in [0, 0.1) is 10.1 Å². The maximum absolute atomic E-state index is 13.2. The van der Waals surface area contributed by atoms with Gasteiger partial charge in [0.05, 0.1) is 11.5 Å². The number of hydrogen-bond acceptors (Lipinski definition) is 6. The number of imidazole rings is 1. The third-order valence-electron chi connectivity index (χ3n) is 4.54. The van der Waals surface area contributed by atoms with E-state index >= 15 is 0 Å². The highest BCUT2D eigenvalue weighted by molar-refractivity contribution is 6.14. The third-order valence-corrected chi connectivity index (χ3v) is 4.54. The van der Waals surface area contributed by atoms with Crippen molar-refractivity contribution in [2.24, 2.45) is 0 Å². The SMILES string of the molecule is CCOC(=O)c1nc2c3ccccc3ccn2c1C(=O)c1ccc([N+](=O)[O-])cc1. The third kappa shape index (κ3) is 3.10. The number of pyridine rings is 1. The van der Waals surface area contributed by atoms with Crippen molar-refractivity contribution in [1.82, 2.24) is 9.38 Å². The molecule has 8 heteroatoms. The van der Waals surface area contributed by atoms with Gasteiger partial charge in [-0.15, -0.1) is 0 Å². The van der Waals surface area contributed by atoms with Crippen LogP contribution in [-0.4, -0.2) is 32.7 Å². The maximum atomic E-state index is 13.2. The van der Waals surface area contributed by atoms with Gasteiger partial charge in [0.15, 0.2) is 5.69 Å². The summed E-state index contributed by atoms with van der Waals surface area (Å²) in [6, 6.07) is 14.5. The minimum absolute atomic E-state index is 0.0538. The molecular formula is C21H15N3O5. The fourth-order valence-corrected chi connectivity index (χ4v) is 3.20. The van der Waals surface area contributed by atoms with Crippen LogP contribution in [0.5, 0.6) is 0 Å². The number of nitrogens with zero attached hydrogens (tertiary/aromatic N) is 3. The topological polar surface area (TPSA) is 104 Å². The van der Waals surface area contributed by atoms with E-state index in [1.165, 1.54) is 24.3 Å². The predicted molar refractivity (Wildman–Crippen MR) is 105 cm³/mol. The minimum atomic E-state index is -0.703. The average Bonchev–Trinajstić information content (AvgIpc) is 3.13. The molecule has 0 radical (unpaired) electrons. The molecule has 4 aromatic rings. The number of ketones is 1. The van der Waals surface area contributed by atoms with Crippen LogP contribution in [0.25, 0.3) is 16.4 Å². The van der Waals surface area contributed by atoms with Crippen LogP contribution in [0.4, 0.5) is 5.69 Å². The lowest BCUT2D eigenvalue weighted by Gasteiger charge is -2.05. The Hall–Kier alpha value is -4.07. The first kappa shape index (κ1) is 18.3. The Morgan fingerprint density at radius 2 is 1.83 bits per heavy atom. The van der Waals surface area contributed by atoms with Crippen molar-refractivity contribution >= 4 is 33.9 Å². The Bertz CT molecular complexity index is 1270. The van der Waals surface area contributed by atoms with E-state index in [1.807, 2.05) is 30.3 Å². The fourth-order valence-electron chi connectivity index (χ4n) is 3.20. The normalized spacial score (nSPS) is 10.9. The molecule has 0 atom stereocenters. The van der Waals surface area contributed by atoms with E-state index < -0.39 is 16.7 Å². The lowest BCUT2D eigenvalue weighted by Crippen LogP contribution is -2.14. The Balaban J connectivity index is 1.94. The molecule has 0 N–H and O–H groups in total. The molecule has 0 amide bonds. The average molecular weight is 389 g/mol. The highest BCUT2D eigenvalue weighted by Crippen LogP contribution is 2.25. The summed E-state index contributed by atoms with van der Waals surface area (Å²) in [7, 11) is 0. The van der Waals surface area contributed by atoms with Gasteiger partial charge in [-0.3, -0.25) is 19.3 Å². The number of carbonyl (C=O) groups excluding carboxylic acids is 2. The lowest BCUT2D eigenvalue weighted by atomic mass is 10.1. The smallest absolute Gasteiger partial charge is 0.359 e. The number of aromatic nitrogens is 2. The van der Waals surface area contributed by atoms with Gasteiger partial charge in [-0.05, 0) is 30.5 Å². The Kier molecular flexibility index (Phi) is 4.52. The molecule has 144 valence electrons. The first-order valence-electron chi connectivity index (χ1n) is 8.87. The molecule has 8 nitrogen and oxygen atoms in total. The minimum Gasteiger partial charge on any atom is -0.461 e. The Morgan fingerprint density at radius 3 is 2.52 bits per heavy atom. The molecular weight excluding hydrogens is 374 g/mol. The lowest BCUT2D eigenvalue weighted by molar-refractivity contribution is -0.384. The van der Waals surface area contributed by atoms with Gasteiger partial charge in [0.25, 0.3) is 5.69 Å². The molecule has 0 spiro atoms. The van der Waals surface area contributed by atoms with Gasteiger partial charge in [-0.2, -0.15) is 0 Å². The van der Waals surface area contributed by atoms with Crippen molar-refractivity contribution in [2.75, 3.05) is 6.61 Å². The summed E-state index contributed by atoms with van der Waals surface area (Å²) in [5.41, 5.74) is 0.494. The van der Waals surface area contributed by atoms with E-state index in [1.54, 1.807) is 17.5 Å². The number of ether oxygens (including phenoxy) is 1. The van der Waals surface area contributed by atoms with E-state index in [4.69, 9.17) is 4.74 Å². The quantitative estimate of drug-likeness (QED) is 0.223. The highest BCUT2D eigenvalue weighted by Gasteiger charge is 2.27. The molecule has 2 aromatic carbocycles. The second kappa shape index (κ2) is 7.16. The van der Waals surface area contributed by atoms with Crippen LogP contribution in [0.2, 0.25) is 0 Å².